The fraction of sp³-hybridized carbons (Fsp3) is 0.222. The first-order valence-electron chi connectivity index (χ1n) is 7.01. The van der Waals surface area contributed by atoms with Gasteiger partial charge in [0.1, 0.15) is 5.75 Å². The number of ketones is 2. The van der Waals surface area contributed by atoms with Crippen molar-refractivity contribution in [3.05, 3.63) is 66.2 Å². The van der Waals surface area contributed by atoms with Crippen molar-refractivity contribution < 1.29 is 19.1 Å². The second-order valence-corrected chi connectivity index (χ2v) is 4.82. The highest BCUT2D eigenvalue weighted by atomic mass is 35.5. The van der Waals surface area contributed by atoms with E-state index < -0.39 is 18.0 Å². The normalized spacial score (nSPS) is 12.6. The van der Waals surface area contributed by atoms with E-state index in [-0.39, 0.29) is 18.2 Å². The van der Waals surface area contributed by atoms with Gasteiger partial charge in [-0.1, -0.05) is 48.5 Å². The van der Waals surface area contributed by atoms with E-state index >= 15 is 0 Å². The highest BCUT2D eigenvalue weighted by Gasteiger charge is 2.32. The van der Waals surface area contributed by atoms with Crippen LogP contribution in [-0.2, 0) is 9.53 Å². The summed E-state index contributed by atoms with van der Waals surface area (Å²) < 4.78 is 10.7. The molecule has 23 heavy (non-hydrogen) atoms. The van der Waals surface area contributed by atoms with Gasteiger partial charge in [0, 0.05) is 12.7 Å². The summed E-state index contributed by atoms with van der Waals surface area (Å²) in [5.41, 5.74) is 0.439. The molecule has 0 aromatic heterocycles. The molecule has 2 rings (SSSR count). The zero-order valence-electron chi connectivity index (χ0n) is 13.0. The molecule has 0 saturated heterocycles. The van der Waals surface area contributed by atoms with Crippen LogP contribution >= 0.6 is 12.4 Å². The van der Waals surface area contributed by atoms with E-state index in [1.807, 2.05) is 24.3 Å². The number of carbonyl (C=O) groups excluding carboxylic acids is 2. The van der Waals surface area contributed by atoms with Crippen LogP contribution in [0, 0.1) is 0 Å². The maximum Gasteiger partial charge on any atom is 0.209 e. The van der Waals surface area contributed by atoms with Crippen molar-refractivity contribution in [1.29, 1.82) is 0 Å². The van der Waals surface area contributed by atoms with Crippen LogP contribution in [0.3, 0.4) is 0 Å². The van der Waals surface area contributed by atoms with Crippen LogP contribution < -0.4 is 4.74 Å². The van der Waals surface area contributed by atoms with E-state index in [9.17, 15) is 9.59 Å². The average molecular weight is 335 g/mol. The van der Waals surface area contributed by atoms with Crippen molar-refractivity contribution in [1.82, 2.24) is 0 Å². The van der Waals surface area contributed by atoms with Crippen molar-refractivity contribution in [2.45, 2.75) is 19.1 Å². The summed E-state index contributed by atoms with van der Waals surface area (Å²) in [5.74, 6) is -0.192. The maximum atomic E-state index is 12.4. The number of benzene rings is 2. The topological polar surface area (TPSA) is 52.6 Å². The van der Waals surface area contributed by atoms with E-state index in [1.54, 1.807) is 43.3 Å². The Morgan fingerprint density at radius 3 is 1.96 bits per heavy atom. The Balaban J connectivity index is 0.00000264. The number of ether oxygens (including phenoxy) is 2. The maximum absolute atomic E-state index is 12.4. The molecule has 5 heteroatoms. The van der Waals surface area contributed by atoms with Crippen LogP contribution in [0.5, 0.6) is 5.75 Å². The minimum absolute atomic E-state index is 0. The summed E-state index contributed by atoms with van der Waals surface area (Å²) in [4.78, 5) is 24.8. The number of methoxy groups -OCH3 is 1. The van der Waals surface area contributed by atoms with Gasteiger partial charge in [-0.25, -0.2) is 0 Å². The molecule has 4 nitrogen and oxygen atoms in total. The Morgan fingerprint density at radius 1 is 0.913 bits per heavy atom. The van der Waals surface area contributed by atoms with Gasteiger partial charge >= 0.3 is 0 Å². The number of rotatable bonds is 7. The fourth-order valence-corrected chi connectivity index (χ4v) is 2.08. The smallest absolute Gasteiger partial charge is 0.209 e. The van der Waals surface area contributed by atoms with Crippen molar-refractivity contribution in [3.63, 3.8) is 0 Å². The van der Waals surface area contributed by atoms with Gasteiger partial charge in [-0.3, -0.25) is 9.59 Å². The highest BCUT2D eigenvalue weighted by molar-refractivity contribution is 6.14. The van der Waals surface area contributed by atoms with Crippen LogP contribution in [-0.4, -0.2) is 30.9 Å². The Labute approximate surface area is 141 Å². The number of Topliss-reactive ketones (excluding diaryl/α,β-unsaturated/α-hetero) is 2. The molecule has 0 aliphatic rings. The van der Waals surface area contributed by atoms with E-state index in [1.165, 1.54) is 7.11 Å². The lowest BCUT2D eigenvalue weighted by Gasteiger charge is -2.19. The molecule has 0 spiro atoms. The highest BCUT2D eigenvalue weighted by Crippen LogP contribution is 2.14. The van der Waals surface area contributed by atoms with Gasteiger partial charge in [0.2, 0.25) is 5.78 Å². The molecule has 2 aromatic carbocycles. The third kappa shape index (κ3) is 4.91. The number of halogens is 1. The first-order chi connectivity index (χ1) is 10.6. The van der Waals surface area contributed by atoms with Gasteiger partial charge in [-0.05, 0) is 19.1 Å². The van der Waals surface area contributed by atoms with Crippen molar-refractivity contribution in [3.8, 4) is 5.75 Å². The molecular weight excluding hydrogens is 316 g/mol. The lowest BCUT2D eigenvalue weighted by molar-refractivity contribution is -0.132. The standard InChI is InChI=1S/C18H18O4.ClH/c1-13(22-15-11-7-4-8-12-15)16(19)18(21-2)17(20)14-9-5-3-6-10-14;/h3-13,18H,1-2H3;1H. The first-order valence-corrected chi connectivity index (χ1v) is 7.01. The van der Waals surface area contributed by atoms with E-state index in [4.69, 9.17) is 9.47 Å². The average Bonchev–Trinajstić information content (AvgIpc) is 2.57. The van der Waals surface area contributed by atoms with Gasteiger partial charge in [-0.15, -0.1) is 12.4 Å². The Morgan fingerprint density at radius 2 is 1.43 bits per heavy atom. The molecule has 2 unspecified atom stereocenters. The predicted octanol–water partition coefficient (Wildman–Crippen LogP) is 3.34. The number of para-hydroxylation sites is 1. The first kappa shape index (κ1) is 18.9. The summed E-state index contributed by atoms with van der Waals surface area (Å²) in [6, 6.07) is 17.6. The molecule has 122 valence electrons. The molecule has 0 aliphatic carbocycles. The van der Waals surface area contributed by atoms with Crippen LogP contribution in [0.25, 0.3) is 0 Å². The summed E-state index contributed by atoms with van der Waals surface area (Å²) in [7, 11) is 1.35. The molecular formula is C18H19ClO4. The summed E-state index contributed by atoms with van der Waals surface area (Å²) in [5, 5.41) is 0. The quantitative estimate of drug-likeness (QED) is 0.575. The van der Waals surface area contributed by atoms with Gasteiger partial charge in [0.25, 0.3) is 0 Å². The third-order valence-corrected chi connectivity index (χ3v) is 3.25. The molecule has 2 atom stereocenters. The second-order valence-electron chi connectivity index (χ2n) is 4.82. The summed E-state index contributed by atoms with van der Waals surface area (Å²) in [6.07, 6.45) is -1.94. The molecule has 0 bridgehead atoms. The van der Waals surface area contributed by atoms with Gasteiger partial charge < -0.3 is 9.47 Å². The van der Waals surface area contributed by atoms with Crippen molar-refractivity contribution in [2.75, 3.05) is 7.11 Å². The zero-order valence-corrected chi connectivity index (χ0v) is 13.8. The van der Waals surface area contributed by atoms with Crippen LogP contribution in [0.15, 0.2) is 60.7 Å². The summed E-state index contributed by atoms with van der Waals surface area (Å²) >= 11 is 0. The zero-order chi connectivity index (χ0) is 15.9. The van der Waals surface area contributed by atoms with Crippen LogP contribution in [0.4, 0.5) is 0 Å². The minimum atomic E-state index is -1.17. The lowest BCUT2D eigenvalue weighted by Crippen LogP contribution is -2.40. The SMILES string of the molecule is COC(C(=O)c1ccccc1)C(=O)C(C)Oc1ccccc1.Cl. The predicted molar refractivity (Wildman–Crippen MR) is 90.4 cm³/mol. The van der Waals surface area contributed by atoms with Crippen molar-refractivity contribution >= 4 is 24.0 Å². The molecule has 0 fully saturated rings. The van der Waals surface area contributed by atoms with Gasteiger partial charge in [0.15, 0.2) is 18.0 Å². The lowest BCUT2D eigenvalue weighted by atomic mass is 10.0. The fourth-order valence-electron chi connectivity index (χ4n) is 2.08. The van der Waals surface area contributed by atoms with Crippen LogP contribution in [0.2, 0.25) is 0 Å². The molecule has 0 amide bonds. The number of carbonyl (C=O) groups is 2. The minimum Gasteiger partial charge on any atom is -0.483 e. The molecule has 0 saturated carbocycles. The third-order valence-electron chi connectivity index (χ3n) is 3.25. The van der Waals surface area contributed by atoms with Gasteiger partial charge in [0.05, 0.1) is 0 Å². The second kappa shape index (κ2) is 9.08. The number of hydrogen-bond donors (Lipinski definition) is 0. The molecule has 0 aliphatic heterocycles. The Bertz CT molecular complexity index is 628. The van der Waals surface area contributed by atoms with Gasteiger partial charge in [-0.2, -0.15) is 0 Å². The molecule has 0 heterocycles. The van der Waals surface area contributed by atoms with E-state index in [0.717, 1.165) is 0 Å². The van der Waals surface area contributed by atoms with E-state index in [0.29, 0.717) is 11.3 Å². The molecule has 2 aromatic rings. The molecule has 0 N–H and O–H groups in total. The largest absolute Gasteiger partial charge is 0.483 e. The Kier molecular flexibility index (Phi) is 7.45. The van der Waals surface area contributed by atoms with Crippen LogP contribution in [0.1, 0.15) is 17.3 Å². The summed E-state index contributed by atoms with van der Waals surface area (Å²) in [6.45, 7) is 1.61. The molecule has 0 radical (unpaired) electrons. The monoisotopic (exact) mass is 334 g/mol. The van der Waals surface area contributed by atoms with Crippen molar-refractivity contribution in [2.24, 2.45) is 0 Å². The van der Waals surface area contributed by atoms with E-state index in [2.05, 4.69) is 0 Å². The Hall–Kier alpha value is -2.17. The number of hydrogen-bond acceptors (Lipinski definition) is 4.